The monoisotopic (exact) mass is 459 g/mol. The van der Waals surface area contributed by atoms with E-state index in [-0.39, 0.29) is 24.0 Å². The largest absolute Gasteiger partial charge is 0.416 e. The van der Waals surface area contributed by atoms with Gasteiger partial charge in [-0.3, -0.25) is 0 Å². The van der Waals surface area contributed by atoms with Crippen LogP contribution < -0.4 is 10.6 Å². The van der Waals surface area contributed by atoms with E-state index in [2.05, 4.69) is 15.6 Å². The number of halogens is 4. The first-order valence-corrected chi connectivity index (χ1v) is 7.73. The maximum Gasteiger partial charge on any atom is 0.416 e. The van der Waals surface area contributed by atoms with Crippen LogP contribution in [0, 0.1) is 0 Å². The number of hydrogen-bond acceptors (Lipinski definition) is 2. The number of aliphatic imine (C=N–C) groups is 1. The van der Waals surface area contributed by atoms with Gasteiger partial charge in [0.25, 0.3) is 0 Å². The highest BCUT2D eigenvalue weighted by Gasteiger charge is 2.29. The van der Waals surface area contributed by atoms with Gasteiger partial charge in [-0.05, 0) is 38.0 Å². The molecule has 4 nitrogen and oxygen atoms in total. The van der Waals surface area contributed by atoms with Crippen LogP contribution in [-0.2, 0) is 17.5 Å². The molecule has 0 saturated carbocycles. The van der Waals surface area contributed by atoms with Crippen LogP contribution in [0.2, 0.25) is 0 Å². The Kier molecular flexibility index (Phi) is 11.8. The van der Waals surface area contributed by atoms with E-state index in [0.717, 1.165) is 30.7 Å². The van der Waals surface area contributed by atoms with Crippen molar-refractivity contribution in [3.05, 3.63) is 35.4 Å². The number of nitrogens with zero attached hydrogens (tertiary/aromatic N) is 1. The molecular formula is C16H25F3IN3O. The van der Waals surface area contributed by atoms with Crippen LogP contribution in [0.4, 0.5) is 13.2 Å². The average Bonchev–Trinajstić information content (AvgIpc) is 2.52. The summed E-state index contributed by atoms with van der Waals surface area (Å²) in [5.41, 5.74) is 0.0794. The molecule has 0 aromatic heterocycles. The van der Waals surface area contributed by atoms with Gasteiger partial charge in [-0.15, -0.1) is 24.0 Å². The summed E-state index contributed by atoms with van der Waals surface area (Å²) in [7, 11) is 0. The summed E-state index contributed by atoms with van der Waals surface area (Å²) in [6.45, 7) is 7.03. The van der Waals surface area contributed by atoms with Crippen LogP contribution in [0.25, 0.3) is 0 Å². The lowest BCUT2D eigenvalue weighted by Gasteiger charge is -2.11. The Labute approximate surface area is 158 Å². The van der Waals surface area contributed by atoms with Crippen molar-refractivity contribution >= 4 is 29.9 Å². The van der Waals surface area contributed by atoms with E-state index < -0.39 is 11.7 Å². The van der Waals surface area contributed by atoms with Gasteiger partial charge in [0.1, 0.15) is 0 Å². The Hall–Kier alpha value is -1.03. The highest BCUT2D eigenvalue weighted by molar-refractivity contribution is 14.0. The molecule has 0 spiro atoms. The molecule has 0 amide bonds. The molecule has 0 aliphatic carbocycles. The van der Waals surface area contributed by atoms with E-state index in [1.807, 2.05) is 13.8 Å². The van der Waals surface area contributed by atoms with Crippen molar-refractivity contribution in [2.75, 3.05) is 26.3 Å². The van der Waals surface area contributed by atoms with Gasteiger partial charge in [0.05, 0.1) is 12.1 Å². The number of benzene rings is 1. The Bertz CT molecular complexity index is 478. The molecule has 138 valence electrons. The SMILES string of the molecule is CCNC(=NCc1ccc(C(F)(F)F)cc1)NCCCOCC.I. The lowest BCUT2D eigenvalue weighted by atomic mass is 10.1. The Morgan fingerprint density at radius 2 is 1.79 bits per heavy atom. The lowest BCUT2D eigenvalue weighted by molar-refractivity contribution is -0.137. The molecule has 0 radical (unpaired) electrons. The fraction of sp³-hybridized carbons (Fsp3) is 0.562. The number of hydrogen-bond donors (Lipinski definition) is 2. The van der Waals surface area contributed by atoms with Crippen molar-refractivity contribution in [3.8, 4) is 0 Å². The predicted molar refractivity (Wildman–Crippen MR) is 101 cm³/mol. The summed E-state index contributed by atoms with van der Waals surface area (Å²) in [6, 6.07) is 5.05. The summed E-state index contributed by atoms with van der Waals surface area (Å²) in [5, 5.41) is 6.26. The second-order valence-electron chi connectivity index (χ2n) is 4.87. The van der Waals surface area contributed by atoms with Crippen molar-refractivity contribution in [1.82, 2.24) is 10.6 Å². The van der Waals surface area contributed by atoms with Crippen LogP contribution in [0.1, 0.15) is 31.4 Å². The molecule has 1 aromatic rings. The van der Waals surface area contributed by atoms with Crippen molar-refractivity contribution in [2.24, 2.45) is 4.99 Å². The third-order valence-corrected chi connectivity index (χ3v) is 3.01. The second kappa shape index (κ2) is 12.3. The molecule has 0 fully saturated rings. The van der Waals surface area contributed by atoms with Gasteiger partial charge >= 0.3 is 6.18 Å². The molecule has 0 bridgehead atoms. The van der Waals surface area contributed by atoms with Crippen molar-refractivity contribution in [2.45, 2.75) is 33.0 Å². The molecule has 0 aliphatic rings. The maximum atomic E-state index is 12.5. The van der Waals surface area contributed by atoms with E-state index in [1.165, 1.54) is 12.1 Å². The van der Waals surface area contributed by atoms with Crippen molar-refractivity contribution < 1.29 is 17.9 Å². The fourth-order valence-electron chi connectivity index (χ4n) is 1.84. The molecule has 0 heterocycles. The molecular weight excluding hydrogens is 434 g/mol. The number of nitrogens with one attached hydrogen (secondary N) is 2. The zero-order chi connectivity index (χ0) is 17.1. The quantitative estimate of drug-likeness (QED) is 0.269. The summed E-state index contributed by atoms with van der Waals surface area (Å²) in [5.74, 6) is 0.642. The highest BCUT2D eigenvalue weighted by Crippen LogP contribution is 2.29. The minimum Gasteiger partial charge on any atom is -0.382 e. The Morgan fingerprint density at radius 3 is 2.33 bits per heavy atom. The van der Waals surface area contributed by atoms with Gasteiger partial charge in [0.2, 0.25) is 0 Å². The average molecular weight is 459 g/mol. The molecule has 24 heavy (non-hydrogen) atoms. The Balaban J connectivity index is 0.00000529. The molecule has 0 atom stereocenters. The van der Waals surface area contributed by atoms with Crippen molar-refractivity contribution in [1.29, 1.82) is 0 Å². The van der Waals surface area contributed by atoms with E-state index in [4.69, 9.17) is 4.74 Å². The van der Waals surface area contributed by atoms with E-state index in [9.17, 15) is 13.2 Å². The van der Waals surface area contributed by atoms with Crippen LogP contribution in [0.3, 0.4) is 0 Å². The van der Waals surface area contributed by atoms with Gasteiger partial charge in [0.15, 0.2) is 5.96 Å². The van der Waals surface area contributed by atoms with E-state index >= 15 is 0 Å². The maximum absolute atomic E-state index is 12.5. The van der Waals surface area contributed by atoms with E-state index in [1.54, 1.807) is 0 Å². The third-order valence-electron chi connectivity index (χ3n) is 3.01. The zero-order valence-electron chi connectivity index (χ0n) is 13.9. The van der Waals surface area contributed by atoms with Gasteiger partial charge < -0.3 is 15.4 Å². The first-order chi connectivity index (χ1) is 11.0. The van der Waals surface area contributed by atoms with Crippen LogP contribution in [-0.4, -0.2) is 32.3 Å². The summed E-state index contributed by atoms with van der Waals surface area (Å²) >= 11 is 0. The smallest absolute Gasteiger partial charge is 0.382 e. The number of ether oxygens (including phenoxy) is 1. The molecule has 1 rings (SSSR count). The summed E-state index contributed by atoms with van der Waals surface area (Å²) < 4.78 is 42.8. The number of guanidine groups is 1. The molecule has 0 unspecified atom stereocenters. The molecule has 1 aromatic carbocycles. The second-order valence-corrected chi connectivity index (χ2v) is 4.87. The van der Waals surface area contributed by atoms with Crippen LogP contribution in [0.15, 0.2) is 29.3 Å². The third kappa shape index (κ3) is 9.31. The first-order valence-electron chi connectivity index (χ1n) is 7.73. The molecule has 0 aliphatic heterocycles. The van der Waals surface area contributed by atoms with Crippen molar-refractivity contribution in [3.63, 3.8) is 0 Å². The zero-order valence-corrected chi connectivity index (χ0v) is 16.3. The normalized spacial score (nSPS) is 11.8. The minimum absolute atomic E-state index is 0. The molecule has 0 saturated heterocycles. The van der Waals surface area contributed by atoms with E-state index in [0.29, 0.717) is 32.3 Å². The van der Waals surface area contributed by atoms with Gasteiger partial charge in [0, 0.05) is 26.3 Å². The van der Waals surface area contributed by atoms with Gasteiger partial charge in [-0.2, -0.15) is 13.2 Å². The summed E-state index contributed by atoms with van der Waals surface area (Å²) in [4.78, 5) is 4.37. The predicted octanol–water partition coefficient (Wildman–Crippen LogP) is 3.81. The number of rotatable bonds is 8. The standard InChI is InChI=1S/C16H24F3N3O.HI/c1-3-20-15(21-10-5-11-23-4-2)22-12-13-6-8-14(9-7-13)16(17,18)19;/h6-9H,3-5,10-12H2,1-2H3,(H2,20,21,22);1H. The van der Waals surface area contributed by atoms with Gasteiger partial charge in [-0.25, -0.2) is 4.99 Å². The molecule has 2 N–H and O–H groups in total. The van der Waals surface area contributed by atoms with Gasteiger partial charge in [-0.1, -0.05) is 12.1 Å². The summed E-state index contributed by atoms with van der Waals surface area (Å²) in [6.07, 6.45) is -3.45. The topological polar surface area (TPSA) is 45.7 Å². The van der Waals surface area contributed by atoms with Crippen LogP contribution in [0.5, 0.6) is 0 Å². The molecule has 8 heteroatoms. The Morgan fingerprint density at radius 1 is 1.12 bits per heavy atom. The fourth-order valence-corrected chi connectivity index (χ4v) is 1.84. The minimum atomic E-state index is -4.31. The first kappa shape index (κ1) is 23.0. The van der Waals surface area contributed by atoms with Crippen LogP contribution >= 0.6 is 24.0 Å². The number of alkyl halides is 3. The highest BCUT2D eigenvalue weighted by atomic mass is 127. The lowest BCUT2D eigenvalue weighted by Crippen LogP contribution is -2.38.